The van der Waals surface area contributed by atoms with Crippen LogP contribution < -0.4 is 0 Å². The molecule has 10 aromatic carbocycles. The quantitative estimate of drug-likeness (QED) is 0.147. The smallest absolute Gasteiger partial charge is 0.0713 e. The van der Waals surface area contributed by atoms with Gasteiger partial charge in [-0.05, 0) is 142 Å². The predicted octanol–water partition coefficient (Wildman–Crippen LogP) is 16.3. The molecule has 3 aliphatic rings. The summed E-state index contributed by atoms with van der Waals surface area (Å²) in [6.45, 7) is 0. The number of fused-ring (bicyclic) bond motifs is 8. The van der Waals surface area contributed by atoms with Crippen LogP contribution in [0.5, 0.6) is 0 Å². The normalized spacial score (nSPS) is 16.5. The topological polar surface area (TPSA) is 0 Å². The Bertz CT molecular complexity index is 3470. The lowest BCUT2D eigenvalue weighted by Crippen LogP contribution is -2.30. The number of benzene rings is 10. The Balaban J connectivity index is 1.25. The minimum absolute atomic E-state index is 0.441. The van der Waals surface area contributed by atoms with Crippen LogP contribution in [0.4, 0.5) is 0 Å². The molecular weight excluding hydrogens is 769 g/mol. The van der Waals surface area contributed by atoms with Crippen LogP contribution >= 0.6 is 0 Å². The minimum Gasteiger partial charge on any atom is -0.0842 e. The zero-order valence-corrected chi connectivity index (χ0v) is 35.5. The number of allylic oxidation sites excluding steroid dienone is 4. The van der Waals surface area contributed by atoms with E-state index in [4.69, 9.17) is 0 Å². The fourth-order valence-corrected chi connectivity index (χ4v) is 12.2. The third-order valence-electron chi connectivity index (χ3n) is 14.7. The molecule has 0 heterocycles. The van der Waals surface area contributed by atoms with Crippen LogP contribution in [0, 0.1) is 0 Å². The Hall–Kier alpha value is -7.80. The summed E-state index contributed by atoms with van der Waals surface area (Å²) in [7, 11) is 0. The monoisotopic (exact) mass is 812 g/mol. The highest BCUT2D eigenvalue weighted by Crippen LogP contribution is 2.62. The second kappa shape index (κ2) is 14.4. The van der Waals surface area contributed by atoms with Crippen LogP contribution in [0.25, 0.3) is 66.1 Å². The van der Waals surface area contributed by atoms with Crippen molar-refractivity contribution in [3.05, 3.63) is 287 Å². The molecule has 0 radical (unpaired) electrons. The molecule has 0 saturated carbocycles. The summed E-state index contributed by atoms with van der Waals surface area (Å²) in [5.41, 5.74) is 19.9. The van der Waals surface area contributed by atoms with Gasteiger partial charge in [0.05, 0.1) is 10.8 Å². The van der Waals surface area contributed by atoms with Crippen LogP contribution in [-0.4, -0.2) is 0 Å². The van der Waals surface area contributed by atoms with Crippen molar-refractivity contribution in [2.24, 2.45) is 0 Å². The first-order valence-electron chi connectivity index (χ1n) is 22.7. The molecule has 0 bridgehead atoms. The molecule has 0 spiro atoms. The maximum Gasteiger partial charge on any atom is 0.0713 e. The maximum absolute atomic E-state index is 2.62. The Labute approximate surface area is 375 Å². The Morgan fingerprint density at radius 2 is 0.688 bits per heavy atom. The predicted molar refractivity (Wildman–Crippen MR) is 268 cm³/mol. The van der Waals surface area contributed by atoms with Crippen LogP contribution in [0.15, 0.2) is 248 Å². The fraction of sp³-hybridized carbons (Fsp3) is 0.0625. The highest BCUT2D eigenvalue weighted by molar-refractivity contribution is 6.23. The second-order valence-electron chi connectivity index (χ2n) is 17.7. The van der Waals surface area contributed by atoms with Crippen LogP contribution in [-0.2, 0) is 10.8 Å². The number of hydrogen-bond acceptors (Lipinski definition) is 0. The first kappa shape index (κ1) is 36.8. The van der Waals surface area contributed by atoms with Gasteiger partial charge in [-0.2, -0.15) is 0 Å². The lowest BCUT2D eigenvalue weighted by molar-refractivity contribution is 0.693. The molecule has 0 N–H and O–H groups in total. The Morgan fingerprint density at radius 3 is 1.14 bits per heavy atom. The molecule has 1 atom stereocenters. The lowest BCUT2D eigenvalue weighted by Gasteiger charge is -2.37. The second-order valence-corrected chi connectivity index (χ2v) is 17.7. The van der Waals surface area contributed by atoms with Gasteiger partial charge in [0.25, 0.3) is 0 Å². The first-order valence-corrected chi connectivity index (χ1v) is 22.7. The van der Waals surface area contributed by atoms with Gasteiger partial charge in [0, 0.05) is 0 Å². The molecule has 0 amide bonds. The van der Waals surface area contributed by atoms with E-state index in [0.717, 1.165) is 12.8 Å². The molecule has 0 aromatic heterocycles. The molecule has 1 unspecified atom stereocenters. The largest absolute Gasteiger partial charge is 0.0842 e. The van der Waals surface area contributed by atoms with Crippen molar-refractivity contribution in [3.8, 4) is 44.5 Å². The van der Waals surface area contributed by atoms with E-state index in [1.807, 2.05) is 0 Å². The fourth-order valence-electron chi connectivity index (χ4n) is 12.2. The van der Waals surface area contributed by atoms with Crippen molar-refractivity contribution in [2.45, 2.75) is 23.7 Å². The Morgan fingerprint density at radius 1 is 0.312 bits per heavy atom. The molecule has 64 heavy (non-hydrogen) atoms. The van der Waals surface area contributed by atoms with Gasteiger partial charge >= 0.3 is 0 Å². The third kappa shape index (κ3) is 5.06. The van der Waals surface area contributed by atoms with Crippen LogP contribution in [0.2, 0.25) is 0 Å². The van der Waals surface area contributed by atoms with E-state index >= 15 is 0 Å². The SMILES string of the molecule is C1=CCCC(C2(c3ccccc3)c3ccccc3-c3cc4c(-c5ccccc5)c5cc6c(cc5c(-c5ccccc5)c4cc32)-c2ccccc2C6(c2ccccc2)c2ccccc2)=C1. The molecular formula is C64H44. The van der Waals surface area contributed by atoms with E-state index in [9.17, 15) is 0 Å². The van der Waals surface area contributed by atoms with Crippen molar-refractivity contribution in [3.63, 3.8) is 0 Å². The van der Waals surface area contributed by atoms with Gasteiger partial charge in [-0.25, -0.2) is 0 Å². The van der Waals surface area contributed by atoms with Gasteiger partial charge < -0.3 is 0 Å². The summed E-state index contributed by atoms with van der Waals surface area (Å²) < 4.78 is 0. The summed E-state index contributed by atoms with van der Waals surface area (Å²) in [5, 5.41) is 5.08. The summed E-state index contributed by atoms with van der Waals surface area (Å²) >= 11 is 0. The van der Waals surface area contributed by atoms with E-state index in [0.29, 0.717) is 0 Å². The van der Waals surface area contributed by atoms with E-state index < -0.39 is 10.8 Å². The molecule has 0 saturated heterocycles. The van der Waals surface area contributed by atoms with E-state index in [1.54, 1.807) is 0 Å². The van der Waals surface area contributed by atoms with Crippen molar-refractivity contribution >= 4 is 21.5 Å². The Kier molecular flexibility index (Phi) is 8.27. The average molecular weight is 813 g/mol. The van der Waals surface area contributed by atoms with Gasteiger partial charge in [-0.15, -0.1) is 0 Å². The van der Waals surface area contributed by atoms with E-state index in [1.165, 1.54) is 111 Å². The van der Waals surface area contributed by atoms with Crippen molar-refractivity contribution in [2.75, 3.05) is 0 Å². The van der Waals surface area contributed by atoms with Crippen LogP contribution in [0.3, 0.4) is 0 Å². The maximum atomic E-state index is 2.62. The molecule has 13 rings (SSSR count). The third-order valence-corrected chi connectivity index (χ3v) is 14.7. The highest BCUT2D eigenvalue weighted by atomic mass is 14.5. The molecule has 0 nitrogen and oxygen atoms in total. The van der Waals surface area contributed by atoms with Gasteiger partial charge in [-0.1, -0.05) is 224 Å². The van der Waals surface area contributed by atoms with E-state index in [-0.39, 0.29) is 0 Å². The molecule has 0 heteroatoms. The summed E-state index contributed by atoms with van der Waals surface area (Å²) in [5.74, 6) is 0. The average Bonchev–Trinajstić information content (AvgIpc) is 3.83. The molecule has 3 aliphatic carbocycles. The lowest BCUT2D eigenvalue weighted by atomic mass is 9.65. The standard InChI is InChI=1S/C64H44/c1-7-23-43(24-8-1)61-53-39-51-49-35-19-21-37-57(49)64(47-31-15-5-16-32-47,48-33-17-6-18-34-48)60(51)42-56(53)62(44-25-9-2-10-26-44)54-40-52-50-36-20-22-38-58(50)63(59(52)41-55(54)61,45-27-11-3-12-28-45)46-29-13-4-14-30-46/h1-17,19-33,35-42H,18,34H2. The molecule has 0 aliphatic heterocycles. The van der Waals surface area contributed by atoms with E-state index in [2.05, 4.69) is 243 Å². The van der Waals surface area contributed by atoms with Gasteiger partial charge in [0.2, 0.25) is 0 Å². The van der Waals surface area contributed by atoms with Gasteiger partial charge in [0.1, 0.15) is 0 Å². The van der Waals surface area contributed by atoms with Gasteiger partial charge in [0.15, 0.2) is 0 Å². The van der Waals surface area contributed by atoms with Crippen molar-refractivity contribution < 1.29 is 0 Å². The van der Waals surface area contributed by atoms with Crippen LogP contribution in [0.1, 0.15) is 51.8 Å². The zero-order chi connectivity index (χ0) is 42.2. The first-order chi connectivity index (χ1) is 31.8. The number of hydrogen-bond donors (Lipinski definition) is 0. The minimum atomic E-state index is -0.521. The molecule has 300 valence electrons. The zero-order valence-electron chi connectivity index (χ0n) is 35.5. The summed E-state index contributed by atoms with van der Waals surface area (Å²) in [6, 6.07) is 84.8. The summed E-state index contributed by atoms with van der Waals surface area (Å²) in [4.78, 5) is 0. The van der Waals surface area contributed by atoms with Gasteiger partial charge in [-0.3, -0.25) is 0 Å². The highest BCUT2D eigenvalue weighted by Gasteiger charge is 2.49. The number of rotatable bonds is 6. The summed E-state index contributed by atoms with van der Waals surface area (Å²) in [6.07, 6.45) is 9.05. The molecule has 10 aromatic rings. The molecule has 0 fully saturated rings. The van der Waals surface area contributed by atoms with Crippen molar-refractivity contribution in [1.29, 1.82) is 0 Å². The van der Waals surface area contributed by atoms with Crippen molar-refractivity contribution in [1.82, 2.24) is 0 Å².